The summed E-state index contributed by atoms with van der Waals surface area (Å²) in [5, 5.41) is 2.93. The molecule has 1 saturated heterocycles. The van der Waals surface area contributed by atoms with Crippen molar-refractivity contribution in [1.82, 2.24) is 5.32 Å². The molecule has 188 valence electrons. The lowest BCUT2D eigenvalue weighted by atomic mass is 9.82. The number of piperazine rings is 1. The third-order valence-electron chi connectivity index (χ3n) is 7.16. The molecule has 0 saturated carbocycles. The fraction of sp³-hybridized carbons (Fsp3) is 0.321. The number of fused-ring (bicyclic) bond motifs is 3. The van der Waals surface area contributed by atoms with Gasteiger partial charge in [-0.15, -0.1) is 0 Å². The third-order valence-corrected chi connectivity index (χ3v) is 7.16. The van der Waals surface area contributed by atoms with Crippen LogP contribution in [0.1, 0.15) is 22.3 Å². The molecule has 0 aliphatic carbocycles. The molecule has 0 unspecified atom stereocenters. The number of alkyl halides is 3. The van der Waals surface area contributed by atoms with Gasteiger partial charge < -0.3 is 15.1 Å². The van der Waals surface area contributed by atoms with Gasteiger partial charge in [0.15, 0.2) is 0 Å². The van der Waals surface area contributed by atoms with E-state index in [1.54, 1.807) is 18.2 Å². The Morgan fingerprint density at radius 3 is 2.42 bits per heavy atom. The van der Waals surface area contributed by atoms with Crippen molar-refractivity contribution in [1.29, 1.82) is 0 Å². The van der Waals surface area contributed by atoms with Gasteiger partial charge in [0.1, 0.15) is 5.82 Å². The minimum Gasteiger partial charge on any atom is -0.368 e. The van der Waals surface area contributed by atoms with Crippen molar-refractivity contribution in [2.24, 2.45) is 5.92 Å². The van der Waals surface area contributed by atoms with Crippen LogP contribution in [-0.2, 0) is 23.9 Å². The zero-order chi connectivity index (χ0) is 25.4. The molecule has 0 spiro atoms. The molecular formula is C28H27F4N3O. The smallest absolute Gasteiger partial charge is 0.368 e. The number of nitrogens with zero attached hydrogens (tertiary/aromatic N) is 2. The van der Waals surface area contributed by atoms with E-state index in [1.807, 2.05) is 19.1 Å². The van der Waals surface area contributed by atoms with Crippen LogP contribution in [0.4, 0.5) is 28.9 Å². The Balaban J connectivity index is 1.43. The average Bonchev–Trinajstić information content (AvgIpc) is 2.87. The number of carbonyl (C=O) groups excluding carboxylic acids is 1. The summed E-state index contributed by atoms with van der Waals surface area (Å²) in [4.78, 5) is 17.7. The monoisotopic (exact) mass is 497 g/mol. The normalized spacial score (nSPS) is 19.5. The summed E-state index contributed by atoms with van der Waals surface area (Å²) in [6, 6.07) is 17.7. The van der Waals surface area contributed by atoms with Crippen LogP contribution in [0.3, 0.4) is 0 Å². The molecule has 0 bridgehead atoms. The van der Waals surface area contributed by atoms with Crippen LogP contribution in [-0.4, -0.2) is 31.6 Å². The van der Waals surface area contributed by atoms with Gasteiger partial charge in [0.05, 0.1) is 17.5 Å². The summed E-state index contributed by atoms with van der Waals surface area (Å²) in [5.41, 5.74) is 3.56. The van der Waals surface area contributed by atoms with Crippen LogP contribution in [0.5, 0.6) is 0 Å². The van der Waals surface area contributed by atoms with Crippen molar-refractivity contribution >= 4 is 17.3 Å². The number of hydrogen-bond donors (Lipinski definition) is 1. The standard InChI is InChI=1S/C28H27F4N3O/c1-18-2-9-23(10-3-18)34-12-13-35-25-11-6-21(28(30,31)32)14-20(25)15-24(26(35)17-34)27(36)33-16-19-4-7-22(29)8-5-19/h2-11,14,24,26H,12-13,15-17H2,1H3,(H,33,36)/t24-,26+/m1/s1. The average molecular weight is 498 g/mol. The second-order valence-electron chi connectivity index (χ2n) is 9.54. The molecule has 8 heteroatoms. The molecule has 2 heterocycles. The SMILES string of the molecule is Cc1ccc(N2CCN3c4ccc(C(F)(F)F)cc4C[C@@H](C(=O)NCc4ccc(F)cc4)[C@@H]3C2)cc1. The predicted octanol–water partition coefficient (Wildman–Crippen LogP) is 5.34. The lowest BCUT2D eigenvalue weighted by Crippen LogP contribution is -2.61. The van der Waals surface area contributed by atoms with Crippen LogP contribution in [0.15, 0.2) is 66.7 Å². The number of benzene rings is 3. The fourth-order valence-corrected chi connectivity index (χ4v) is 5.21. The Hall–Kier alpha value is -3.55. The topological polar surface area (TPSA) is 35.6 Å². The first-order chi connectivity index (χ1) is 17.2. The highest BCUT2D eigenvalue weighted by Crippen LogP contribution is 2.40. The van der Waals surface area contributed by atoms with E-state index in [1.165, 1.54) is 18.2 Å². The Morgan fingerprint density at radius 1 is 1.00 bits per heavy atom. The van der Waals surface area contributed by atoms with Crippen molar-refractivity contribution in [2.75, 3.05) is 29.4 Å². The van der Waals surface area contributed by atoms with E-state index in [4.69, 9.17) is 0 Å². The van der Waals surface area contributed by atoms with E-state index in [0.29, 0.717) is 25.2 Å². The number of hydrogen-bond acceptors (Lipinski definition) is 3. The van der Waals surface area contributed by atoms with Crippen LogP contribution in [0, 0.1) is 18.7 Å². The Morgan fingerprint density at radius 2 is 1.72 bits per heavy atom. The molecule has 2 aliphatic rings. The first-order valence-electron chi connectivity index (χ1n) is 12.0. The minimum absolute atomic E-state index is 0.197. The van der Waals surface area contributed by atoms with Crippen molar-refractivity contribution in [2.45, 2.75) is 32.1 Å². The molecule has 4 nitrogen and oxygen atoms in total. The summed E-state index contributed by atoms with van der Waals surface area (Å²) in [6.45, 7) is 4.12. The second kappa shape index (κ2) is 9.48. The van der Waals surface area contributed by atoms with Crippen molar-refractivity contribution in [3.05, 3.63) is 94.8 Å². The van der Waals surface area contributed by atoms with Crippen molar-refractivity contribution < 1.29 is 22.4 Å². The molecule has 2 aliphatic heterocycles. The van der Waals surface area contributed by atoms with E-state index in [2.05, 4.69) is 27.2 Å². The maximum Gasteiger partial charge on any atom is 0.416 e. The van der Waals surface area contributed by atoms with Crippen molar-refractivity contribution in [3.8, 4) is 0 Å². The number of nitrogens with one attached hydrogen (secondary N) is 1. The van der Waals surface area contributed by atoms with Crippen LogP contribution in [0.2, 0.25) is 0 Å². The van der Waals surface area contributed by atoms with Gasteiger partial charge in [-0.25, -0.2) is 4.39 Å². The van der Waals surface area contributed by atoms with Gasteiger partial charge in [-0.3, -0.25) is 4.79 Å². The Kier molecular flexibility index (Phi) is 6.36. The van der Waals surface area contributed by atoms with Gasteiger partial charge in [0.2, 0.25) is 5.91 Å². The molecule has 2 atom stereocenters. The van der Waals surface area contributed by atoms with Gasteiger partial charge >= 0.3 is 6.18 Å². The van der Waals surface area contributed by atoms with Gasteiger partial charge in [-0.1, -0.05) is 29.8 Å². The van der Waals surface area contributed by atoms with E-state index in [9.17, 15) is 22.4 Å². The molecule has 36 heavy (non-hydrogen) atoms. The first kappa shape index (κ1) is 24.2. The van der Waals surface area contributed by atoms with E-state index in [-0.39, 0.29) is 30.7 Å². The maximum atomic E-state index is 13.4. The number of halogens is 4. The van der Waals surface area contributed by atoms with E-state index < -0.39 is 17.7 Å². The molecule has 3 aromatic carbocycles. The summed E-state index contributed by atoms with van der Waals surface area (Å²) >= 11 is 0. The molecule has 5 rings (SSSR count). The van der Waals surface area contributed by atoms with Gasteiger partial charge in [-0.2, -0.15) is 13.2 Å². The quantitative estimate of drug-likeness (QED) is 0.495. The Labute approximate surface area is 207 Å². The van der Waals surface area contributed by atoms with Crippen LogP contribution < -0.4 is 15.1 Å². The number of aryl methyl sites for hydroxylation is 1. The minimum atomic E-state index is -4.45. The molecule has 3 aromatic rings. The molecule has 1 N–H and O–H groups in total. The van der Waals surface area contributed by atoms with E-state index >= 15 is 0 Å². The predicted molar refractivity (Wildman–Crippen MR) is 131 cm³/mol. The highest BCUT2D eigenvalue weighted by molar-refractivity contribution is 5.82. The Bertz CT molecular complexity index is 1240. The highest BCUT2D eigenvalue weighted by Gasteiger charge is 2.42. The molecular weight excluding hydrogens is 470 g/mol. The second-order valence-corrected chi connectivity index (χ2v) is 9.54. The van der Waals surface area contributed by atoms with E-state index in [0.717, 1.165) is 28.6 Å². The van der Waals surface area contributed by atoms with Crippen LogP contribution >= 0.6 is 0 Å². The number of anilines is 2. The largest absolute Gasteiger partial charge is 0.416 e. The van der Waals surface area contributed by atoms with Gasteiger partial charge in [0.25, 0.3) is 0 Å². The summed E-state index contributed by atoms with van der Waals surface area (Å²) in [7, 11) is 0. The molecule has 1 amide bonds. The van der Waals surface area contributed by atoms with Gasteiger partial charge in [0, 0.05) is 37.6 Å². The lowest BCUT2D eigenvalue weighted by Gasteiger charge is -2.49. The number of carbonyl (C=O) groups is 1. The number of amides is 1. The lowest BCUT2D eigenvalue weighted by molar-refractivity contribution is -0.137. The third kappa shape index (κ3) is 4.90. The molecule has 0 radical (unpaired) electrons. The zero-order valence-electron chi connectivity index (χ0n) is 19.9. The van der Waals surface area contributed by atoms with Crippen molar-refractivity contribution in [3.63, 3.8) is 0 Å². The molecule has 1 fully saturated rings. The van der Waals surface area contributed by atoms with Gasteiger partial charge in [-0.05, 0) is 66.9 Å². The molecule has 0 aromatic heterocycles. The maximum absolute atomic E-state index is 13.4. The fourth-order valence-electron chi connectivity index (χ4n) is 5.21. The van der Waals surface area contributed by atoms with Crippen LogP contribution in [0.25, 0.3) is 0 Å². The summed E-state index contributed by atoms with van der Waals surface area (Å²) in [6.07, 6.45) is -4.23. The summed E-state index contributed by atoms with van der Waals surface area (Å²) < 4.78 is 53.5. The summed E-state index contributed by atoms with van der Waals surface area (Å²) in [5.74, 6) is -1.11. The number of rotatable bonds is 4. The highest BCUT2D eigenvalue weighted by atomic mass is 19.4. The first-order valence-corrected chi connectivity index (χ1v) is 12.0. The zero-order valence-corrected chi connectivity index (χ0v) is 19.9.